The minimum absolute atomic E-state index is 0.252. The number of hydrogen-bond donors (Lipinski definition) is 4. The standard InChI is InChI=1S/C15H22N2O5/c1-9(19)17-13-14(20)12(16)11(7-18)22-15(13)21-8-10-5-3-2-4-6-10/h2-6,11-15,18,20H,7-8,16H2,1H3,(H,17,19)/t11-,12-,13-,14+,15-/m1/s1. The Labute approximate surface area is 129 Å². The van der Waals surface area contributed by atoms with E-state index < -0.39 is 30.6 Å². The van der Waals surface area contributed by atoms with Crippen molar-refractivity contribution in [1.82, 2.24) is 5.32 Å². The highest BCUT2D eigenvalue weighted by Gasteiger charge is 2.44. The van der Waals surface area contributed by atoms with E-state index in [1.165, 1.54) is 6.92 Å². The Bertz CT molecular complexity index is 484. The van der Waals surface area contributed by atoms with Gasteiger partial charge in [-0.3, -0.25) is 4.79 Å². The molecule has 1 heterocycles. The first-order chi connectivity index (χ1) is 10.5. The number of nitrogens with one attached hydrogen (secondary N) is 1. The molecule has 22 heavy (non-hydrogen) atoms. The molecule has 0 saturated carbocycles. The van der Waals surface area contributed by atoms with Crippen LogP contribution in [0.25, 0.3) is 0 Å². The number of carbonyl (C=O) groups excluding carboxylic acids is 1. The van der Waals surface area contributed by atoms with Gasteiger partial charge in [0.15, 0.2) is 6.29 Å². The van der Waals surface area contributed by atoms with Gasteiger partial charge in [0.1, 0.15) is 12.1 Å². The fraction of sp³-hybridized carbons (Fsp3) is 0.533. The number of nitrogens with two attached hydrogens (primary N) is 1. The number of hydrogen-bond acceptors (Lipinski definition) is 6. The van der Waals surface area contributed by atoms with Crippen molar-refractivity contribution < 1.29 is 24.5 Å². The average Bonchev–Trinajstić information content (AvgIpc) is 2.52. The minimum Gasteiger partial charge on any atom is -0.394 e. The molecule has 5 N–H and O–H groups in total. The Morgan fingerprint density at radius 1 is 1.41 bits per heavy atom. The van der Waals surface area contributed by atoms with Gasteiger partial charge in [0, 0.05) is 6.92 Å². The van der Waals surface area contributed by atoms with E-state index in [1.807, 2.05) is 30.3 Å². The summed E-state index contributed by atoms with van der Waals surface area (Å²) >= 11 is 0. The van der Waals surface area contributed by atoms with E-state index in [0.29, 0.717) is 0 Å². The molecule has 1 aliphatic heterocycles. The smallest absolute Gasteiger partial charge is 0.217 e. The van der Waals surface area contributed by atoms with E-state index in [2.05, 4.69) is 5.32 Å². The zero-order chi connectivity index (χ0) is 16.1. The van der Waals surface area contributed by atoms with Gasteiger partial charge < -0.3 is 30.7 Å². The van der Waals surface area contributed by atoms with Gasteiger partial charge >= 0.3 is 0 Å². The van der Waals surface area contributed by atoms with E-state index in [4.69, 9.17) is 15.2 Å². The maximum Gasteiger partial charge on any atom is 0.217 e. The summed E-state index contributed by atoms with van der Waals surface area (Å²) in [5.74, 6) is -0.324. The maximum atomic E-state index is 11.3. The first-order valence-electron chi connectivity index (χ1n) is 7.15. The molecule has 5 atom stereocenters. The van der Waals surface area contributed by atoms with Gasteiger partial charge in [-0.15, -0.1) is 0 Å². The summed E-state index contributed by atoms with van der Waals surface area (Å²) < 4.78 is 11.3. The van der Waals surface area contributed by atoms with Gasteiger partial charge in [-0.1, -0.05) is 30.3 Å². The molecule has 0 aromatic heterocycles. The molecule has 0 radical (unpaired) electrons. The molecule has 0 unspecified atom stereocenters. The third-order valence-corrected chi connectivity index (χ3v) is 3.60. The molecule has 1 aliphatic rings. The summed E-state index contributed by atoms with van der Waals surface area (Å²) in [6.07, 6.45) is -2.72. The quantitative estimate of drug-likeness (QED) is 0.561. The second-order valence-electron chi connectivity index (χ2n) is 5.32. The zero-order valence-corrected chi connectivity index (χ0v) is 12.4. The lowest BCUT2D eigenvalue weighted by Crippen LogP contribution is -2.67. The Hall–Kier alpha value is -1.51. The third-order valence-electron chi connectivity index (χ3n) is 3.60. The highest BCUT2D eigenvalue weighted by molar-refractivity contribution is 5.73. The predicted molar refractivity (Wildman–Crippen MR) is 78.6 cm³/mol. The molecule has 7 nitrogen and oxygen atoms in total. The van der Waals surface area contributed by atoms with Crippen LogP contribution in [0.5, 0.6) is 0 Å². The molecule has 7 heteroatoms. The highest BCUT2D eigenvalue weighted by atomic mass is 16.7. The van der Waals surface area contributed by atoms with Crippen molar-refractivity contribution in [2.75, 3.05) is 6.61 Å². The number of benzene rings is 1. The monoisotopic (exact) mass is 310 g/mol. The number of aliphatic hydroxyl groups excluding tert-OH is 2. The van der Waals surface area contributed by atoms with Crippen LogP contribution in [-0.2, 0) is 20.9 Å². The van der Waals surface area contributed by atoms with Gasteiger partial charge in [-0.2, -0.15) is 0 Å². The first kappa shape index (κ1) is 16.9. The number of rotatable bonds is 5. The molecule has 1 amide bonds. The fourth-order valence-corrected chi connectivity index (χ4v) is 2.42. The molecule has 0 bridgehead atoms. The minimum atomic E-state index is -1.07. The van der Waals surface area contributed by atoms with Crippen molar-refractivity contribution in [2.24, 2.45) is 5.73 Å². The molecule has 0 aliphatic carbocycles. The normalized spacial score (nSPS) is 31.7. The Morgan fingerprint density at radius 3 is 2.68 bits per heavy atom. The average molecular weight is 310 g/mol. The molecular weight excluding hydrogens is 288 g/mol. The van der Waals surface area contributed by atoms with Crippen molar-refractivity contribution in [2.45, 2.75) is 44.1 Å². The van der Waals surface area contributed by atoms with Gasteiger partial charge in [-0.25, -0.2) is 0 Å². The van der Waals surface area contributed by atoms with Crippen LogP contribution >= 0.6 is 0 Å². The lowest BCUT2D eigenvalue weighted by Gasteiger charge is -2.42. The predicted octanol–water partition coefficient (Wildman–Crippen LogP) is -0.887. The van der Waals surface area contributed by atoms with Crippen molar-refractivity contribution in [3.63, 3.8) is 0 Å². The number of amides is 1. The molecule has 1 saturated heterocycles. The van der Waals surface area contributed by atoms with Crippen LogP contribution in [0.2, 0.25) is 0 Å². The summed E-state index contributed by atoms with van der Waals surface area (Å²) in [5.41, 5.74) is 6.76. The van der Waals surface area contributed by atoms with Crippen molar-refractivity contribution in [3.8, 4) is 0 Å². The lowest BCUT2D eigenvalue weighted by molar-refractivity contribution is -0.247. The van der Waals surface area contributed by atoms with E-state index in [1.54, 1.807) is 0 Å². The summed E-state index contributed by atoms with van der Waals surface area (Å²) in [4.78, 5) is 11.3. The highest BCUT2D eigenvalue weighted by Crippen LogP contribution is 2.22. The van der Waals surface area contributed by atoms with Gasteiger partial charge in [0.05, 0.1) is 25.4 Å². The van der Waals surface area contributed by atoms with E-state index >= 15 is 0 Å². The van der Waals surface area contributed by atoms with E-state index in [9.17, 15) is 15.0 Å². The topological polar surface area (TPSA) is 114 Å². The summed E-state index contributed by atoms with van der Waals surface area (Å²) in [6, 6.07) is 7.84. The van der Waals surface area contributed by atoms with Crippen LogP contribution in [0.15, 0.2) is 30.3 Å². The van der Waals surface area contributed by atoms with Gasteiger partial charge in [0.2, 0.25) is 5.91 Å². The molecule has 1 aromatic rings. The second-order valence-corrected chi connectivity index (χ2v) is 5.32. The Kier molecular flexibility index (Phi) is 5.87. The van der Waals surface area contributed by atoms with Crippen LogP contribution in [0, 0.1) is 0 Å². The van der Waals surface area contributed by atoms with Crippen LogP contribution in [0.3, 0.4) is 0 Å². The van der Waals surface area contributed by atoms with E-state index in [0.717, 1.165) is 5.56 Å². The summed E-state index contributed by atoms with van der Waals surface area (Å²) in [7, 11) is 0. The van der Waals surface area contributed by atoms with Crippen LogP contribution in [-0.4, -0.2) is 53.3 Å². The molecule has 122 valence electrons. The third kappa shape index (κ3) is 4.02. The van der Waals surface area contributed by atoms with Crippen LogP contribution in [0.1, 0.15) is 12.5 Å². The zero-order valence-electron chi connectivity index (χ0n) is 12.4. The molecule has 2 rings (SSSR count). The first-order valence-corrected chi connectivity index (χ1v) is 7.15. The largest absolute Gasteiger partial charge is 0.394 e. The van der Waals surface area contributed by atoms with Crippen LogP contribution < -0.4 is 11.1 Å². The summed E-state index contributed by atoms with van der Waals surface area (Å²) in [6.45, 7) is 1.25. The molecule has 1 aromatic carbocycles. The van der Waals surface area contributed by atoms with Gasteiger partial charge in [0.25, 0.3) is 0 Å². The maximum absolute atomic E-state index is 11.3. The van der Waals surface area contributed by atoms with Crippen LogP contribution in [0.4, 0.5) is 0 Å². The number of aliphatic hydroxyl groups is 2. The summed E-state index contributed by atoms with van der Waals surface area (Å²) in [5, 5.41) is 22.1. The molecule has 1 fully saturated rings. The van der Waals surface area contributed by atoms with Gasteiger partial charge in [-0.05, 0) is 5.56 Å². The lowest BCUT2D eigenvalue weighted by atomic mass is 9.95. The molecular formula is C15H22N2O5. The fourth-order valence-electron chi connectivity index (χ4n) is 2.42. The van der Waals surface area contributed by atoms with Crippen molar-refractivity contribution in [3.05, 3.63) is 35.9 Å². The molecule has 0 spiro atoms. The van der Waals surface area contributed by atoms with E-state index in [-0.39, 0.29) is 19.1 Å². The SMILES string of the molecule is CC(=O)N[C@H]1[C@H](OCc2ccccc2)O[C@H](CO)[C@@H](N)[C@@H]1O. The number of carbonyl (C=O) groups is 1. The Balaban J connectivity index is 2.07. The second kappa shape index (κ2) is 7.66. The Morgan fingerprint density at radius 2 is 2.09 bits per heavy atom. The van der Waals surface area contributed by atoms with Crippen molar-refractivity contribution >= 4 is 5.91 Å². The number of ether oxygens (including phenoxy) is 2. The van der Waals surface area contributed by atoms with Crippen molar-refractivity contribution in [1.29, 1.82) is 0 Å².